The topological polar surface area (TPSA) is 32.8 Å². The first-order valence-corrected chi connectivity index (χ1v) is 11.3. The summed E-state index contributed by atoms with van der Waals surface area (Å²) in [6.07, 6.45) is 12.4. The van der Waals surface area contributed by atoms with Crippen LogP contribution in [0.15, 0.2) is 42.5 Å². The zero-order valence-corrected chi connectivity index (χ0v) is 17.8. The van der Waals surface area contributed by atoms with Gasteiger partial charge in [0.05, 0.1) is 6.61 Å². The highest BCUT2D eigenvalue weighted by Gasteiger charge is 2.13. The van der Waals surface area contributed by atoms with Crippen LogP contribution < -0.4 is 4.74 Å². The van der Waals surface area contributed by atoms with Gasteiger partial charge in [0.25, 0.3) is 0 Å². The minimum atomic E-state index is 0.0219. The number of ketones is 1. The molecule has 0 atom stereocenters. The van der Waals surface area contributed by atoms with Crippen LogP contribution >= 0.6 is 0 Å². The maximum atomic E-state index is 12.3. The Morgan fingerprint density at radius 2 is 1.55 bits per heavy atom. The van der Waals surface area contributed by atoms with E-state index in [2.05, 4.69) is 16.4 Å². The Balaban J connectivity index is 1.36. The largest absolute Gasteiger partial charge is 0.494 e. The standard InChI is InChI=1S/C25H36N2O2/c1-22(21-27-17-6-3-7-18-27)25(28)14-11-23-9-12-24(13-10-23)29-20-8-19-26-15-4-2-5-16-26/h9-14H,1-8,15-21H2/b14-11+. The van der Waals surface area contributed by atoms with E-state index in [9.17, 15) is 4.79 Å². The lowest BCUT2D eigenvalue weighted by Crippen LogP contribution is -2.32. The molecule has 0 N–H and O–H groups in total. The molecule has 1 aromatic rings. The fraction of sp³-hybridized carbons (Fsp3) is 0.560. The second-order valence-corrected chi connectivity index (χ2v) is 8.31. The van der Waals surface area contributed by atoms with Crippen LogP contribution in [0.5, 0.6) is 5.75 Å². The van der Waals surface area contributed by atoms with Gasteiger partial charge in [-0.1, -0.05) is 37.6 Å². The van der Waals surface area contributed by atoms with Crippen molar-refractivity contribution in [2.24, 2.45) is 0 Å². The average Bonchev–Trinajstić information content (AvgIpc) is 2.77. The Morgan fingerprint density at radius 1 is 0.931 bits per heavy atom. The highest BCUT2D eigenvalue weighted by atomic mass is 16.5. The Kier molecular flexibility index (Phi) is 8.97. The van der Waals surface area contributed by atoms with Crippen LogP contribution in [0.2, 0.25) is 0 Å². The van der Waals surface area contributed by atoms with Crippen LogP contribution in [0.4, 0.5) is 0 Å². The van der Waals surface area contributed by atoms with Gasteiger partial charge in [0.2, 0.25) is 0 Å². The third kappa shape index (κ3) is 7.79. The lowest BCUT2D eigenvalue weighted by Gasteiger charge is -2.26. The molecule has 29 heavy (non-hydrogen) atoms. The van der Waals surface area contributed by atoms with E-state index in [1.54, 1.807) is 6.08 Å². The first-order chi connectivity index (χ1) is 14.2. The summed E-state index contributed by atoms with van der Waals surface area (Å²) in [5.41, 5.74) is 1.68. The maximum absolute atomic E-state index is 12.3. The van der Waals surface area contributed by atoms with Crippen molar-refractivity contribution in [2.75, 3.05) is 45.9 Å². The smallest absolute Gasteiger partial charge is 0.182 e. The Hall–Kier alpha value is -1.91. The van der Waals surface area contributed by atoms with Crippen LogP contribution in [0.1, 0.15) is 50.5 Å². The van der Waals surface area contributed by atoms with Gasteiger partial charge in [-0.3, -0.25) is 9.69 Å². The van der Waals surface area contributed by atoms with Crippen LogP contribution in [-0.2, 0) is 4.79 Å². The van der Waals surface area contributed by atoms with Crippen LogP contribution in [0, 0.1) is 0 Å². The monoisotopic (exact) mass is 396 g/mol. The van der Waals surface area contributed by atoms with Gasteiger partial charge < -0.3 is 9.64 Å². The van der Waals surface area contributed by atoms with Crippen molar-refractivity contribution < 1.29 is 9.53 Å². The normalized spacial score (nSPS) is 18.8. The molecule has 0 unspecified atom stereocenters. The third-order valence-corrected chi connectivity index (χ3v) is 5.85. The molecular formula is C25H36N2O2. The summed E-state index contributed by atoms with van der Waals surface area (Å²) >= 11 is 0. The van der Waals surface area contributed by atoms with Crippen molar-refractivity contribution in [1.82, 2.24) is 9.80 Å². The number of allylic oxidation sites excluding steroid dienone is 1. The summed E-state index contributed by atoms with van der Waals surface area (Å²) in [4.78, 5) is 17.2. The van der Waals surface area contributed by atoms with Crippen molar-refractivity contribution in [3.63, 3.8) is 0 Å². The SMILES string of the molecule is C=C(CN1CCCCC1)C(=O)/C=C/c1ccc(OCCCN2CCCCC2)cc1. The molecule has 2 heterocycles. The van der Waals surface area contributed by atoms with E-state index in [1.165, 1.54) is 51.6 Å². The molecule has 4 nitrogen and oxygen atoms in total. The Labute approximate surface area is 176 Å². The third-order valence-electron chi connectivity index (χ3n) is 5.85. The van der Waals surface area contributed by atoms with E-state index in [0.717, 1.165) is 44.0 Å². The highest BCUT2D eigenvalue weighted by Crippen LogP contribution is 2.15. The zero-order chi connectivity index (χ0) is 20.3. The molecule has 3 rings (SSSR count). The van der Waals surface area contributed by atoms with Crippen molar-refractivity contribution in [3.8, 4) is 5.75 Å². The van der Waals surface area contributed by atoms with E-state index >= 15 is 0 Å². The summed E-state index contributed by atoms with van der Waals surface area (Å²) in [6, 6.07) is 7.95. The molecule has 0 aromatic heterocycles. The summed E-state index contributed by atoms with van der Waals surface area (Å²) in [5, 5.41) is 0. The molecule has 0 radical (unpaired) electrons. The molecule has 0 bridgehead atoms. The van der Waals surface area contributed by atoms with Gasteiger partial charge in [0, 0.05) is 18.7 Å². The van der Waals surface area contributed by atoms with Gasteiger partial charge in [0.1, 0.15) is 5.75 Å². The van der Waals surface area contributed by atoms with Crippen molar-refractivity contribution in [3.05, 3.63) is 48.1 Å². The molecule has 2 fully saturated rings. The summed E-state index contributed by atoms with van der Waals surface area (Å²) < 4.78 is 5.86. The van der Waals surface area contributed by atoms with Gasteiger partial charge in [0.15, 0.2) is 5.78 Å². The van der Waals surface area contributed by atoms with Gasteiger partial charge in [-0.25, -0.2) is 0 Å². The molecule has 0 saturated carbocycles. The quantitative estimate of drug-likeness (QED) is 0.429. The highest BCUT2D eigenvalue weighted by molar-refractivity contribution is 6.06. The van der Waals surface area contributed by atoms with E-state index in [-0.39, 0.29) is 5.78 Å². The van der Waals surface area contributed by atoms with Gasteiger partial charge >= 0.3 is 0 Å². The minimum Gasteiger partial charge on any atom is -0.494 e. The fourth-order valence-corrected chi connectivity index (χ4v) is 4.09. The second kappa shape index (κ2) is 11.9. The number of rotatable bonds is 10. The number of carbonyl (C=O) groups is 1. The summed E-state index contributed by atoms with van der Waals surface area (Å²) in [7, 11) is 0. The predicted octanol–water partition coefficient (Wildman–Crippen LogP) is 4.57. The number of piperidine rings is 2. The number of nitrogens with zero attached hydrogens (tertiary/aromatic N) is 2. The molecule has 2 aliphatic heterocycles. The molecule has 0 aliphatic carbocycles. The van der Waals surface area contributed by atoms with Crippen molar-refractivity contribution in [1.29, 1.82) is 0 Å². The minimum absolute atomic E-state index is 0.0219. The van der Waals surface area contributed by atoms with Gasteiger partial charge in [-0.15, -0.1) is 0 Å². The zero-order valence-electron chi connectivity index (χ0n) is 17.8. The molecular weight excluding hydrogens is 360 g/mol. The Morgan fingerprint density at radius 3 is 2.21 bits per heavy atom. The summed E-state index contributed by atoms with van der Waals surface area (Å²) in [5.74, 6) is 0.912. The summed E-state index contributed by atoms with van der Waals surface area (Å²) in [6.45, 7) is 11.2. The average molecular weight is 397 g/mol. The number of hydrogen-bond donors (Lipinski definition) is 0. The van der Waals surface area contributed by atoms with E-state index in [0.29, 0.717) is 12.1 Å². The molecule has 2 aliphatic rings. The fourth-order valence-electron chi connectivity index (χ4n) is 4.09. The van der Waals surface area contributed by atoms with Crippen LogP contribution in [-0.4, -0.2) is 61.5 Å². The number of benzene rings is 1. The molecule has 4 heteroatoms. The predicted molar refractivity (Wildman–Crippen MR) is 120 cm³/mol. The van der Waals surface area contributed by atoms with Crippen molar-refractivity contribution >= 4 is 11.9 Å². The first kappa shape index (κ1) is 21.8. The maximum Gasteiger partial charge on any atom is 0.182 e. The molecule has 2 saturated heterocycles. The van der Waals surface area contributed by atoms with Crippen LogP contribution in [0.25, 0.3) is 6.08 Å². The molecule has 0 spiro atoms. The lowest BCUT2D eigenvalue weighted by atomic mass is 10.1. The lowest BCUT2D eigenvalue weighted by molar-refractivity contribution is -0.111. The van der Waals surface area contributed by atoms with E-state index in [4.69, 9.17) is 4.74 Å². The Bertz CT molecular complexity index is 669. The van der Waals surface area contributed by atoms with Gasteiger partial charge in [-0.2, -0.15) is 0 Å². The number of likely N-dealkylation sites (tertiary alicyclic amines) is 2. The second-order valence-electron chi connectivity index (χ2n) is 8.31. The molecule has 158 valence electrons. The van der Waals surface area contributed by atoms with Crippen molar-refractivity contribution in [2.45, 2.75) is 44.9 Å². The van der Waals surface area contributed by atoms with Gasteiger partial charge in [-0.05, 0) is 82.1 Å². The molecule has 1 aromatic carbocycles. The number of ether oxygens (including phenoxy) is 1. The van der Waals surface area contributed by atoms with E-state index in [1.807, 2.05) is 30.3 Å². The number of hydrogen-bond acceptors (Lipinski definition) is 4. The van der Waals surface area contributed by atoms with Crippen LogP contribution in [0.3, 0.4) is 0 Å². The number of carbonyl (C=O) groups excluding carboxylic acids is 1. The van der Waals surface area contributed by atoms with E-state index < -0.39 is 0 Å². The molecule has 0 amide bonds. The first-order valence-electron chi connectivity index (χ1n) is 11.3.